The van der Waals surface area contributed by atoms with Crippen molar-refractivity contribution in [3.8, 4) is 0 Å². The lowest BCUT2D eigenvalue weighted by atomic mass is 9.98. The Morgan fingerprint density at radius 2 is 1.50 bits per heavy atom. The van der Waals surface area contributed by atoms with Gasteiger partial charge in [-0.2, -0.15) is 0 Å². The minimum atomic E-state index is -3.67. The van der Waals surface area contributed by atoms with E-state index in [2.05, 4.69) is 5.32 Å². The van der Waals surface area contributed by atoms with E-state index in [1.807, 2.05) is 61.5 Å². The van der Waals surface area contributed by atoms with Crippen LogP contribution in [0, 0.1) is 6.92 Å². The molecule has 0 aromatic heterocycles. The van der Waals surface area contributed by atoms with E-state index < -0.39 is 22.0 Å². The quantitative estimate of drug-likeness (QED) is 0.592. The lowest BCUT2D eigenvalue weighted by molar-refractivity contribution is -0.120. The molecule has 0 radical (unpaired) electrons. The van der Waals surface area contributed by atoms with Gasteiger partial charge in [0.1, 0.15) is 6.54 Å². The third-order valence-corrected chi connectivity index (χ3v) is 6.04. The normalized spacial score (nSPS) is 12.2. The number of sulfonamides is 1. The minimum absolute atomic E-state index is 0.338. The highest BCUT2D eigenvalue weighted by atomic mass is 35.5. The van der Waals surface area contributed by atoms with Gasteiger partial charge >= 0.3 is 0 Å². The zero-order chi connectivity index (χ0) is 21.7. The summed E-state index contributed by atoms with van der Waals surface area (Å²) in [5.41, 5.74) is 3.32. The molecule has 1 amide bonds. The van der Waals surface area contributed by atoms with Crippen LogP contribution in [0.1, 0.15) is 22.7 Å². The van der Waals surface area contributed by atoms with Crippen molar-refractivity contribution in [2.75, 3.05) is 17.1 Å². The van der Waals surface area contributed by atoms with Crippen LogP contribution >= 0.6 is 11.6 Å². The molecule has 0 bridgehead atoms. The Bertz CT molecular complexity index is 1100. The molecule has 0 saturated carbocycles. The van der Waals surface area contributed by atoms with Crippen molar-refractivity contribution in [2.24, 2.45) is 0 Å². The first kappa shape index (κ1) is 21.9. The highest BCUT2D eigenvalue weighted by molar-refractivity contribution is 7.92. The maximum Gasteiger partial charge on any atom is 0.241 e. The number of carbonyl (C=O) groups is 1. The molecule has 0 fully saturated rings. The Kier molecular flexibility index (Phi) is 6.80. The Hall–Kier alpha value is -2.83. The van der Waals surface area contributed by atoms with Gasteiger partial charge in [0.15, 0.2) is 0 Å². The summed E-state index contributed by atoms with van der Waals surface area (Å²) in [4.78, 5) is 12.9. The van der Waals surface area contributed by atoms with Crippen molar-refractivity contribution in [1.29, 1.82) is 0 Å². The number of nitrogens with zero attached hydrogens (tertiary/aromatic N) is 1. The molecule has 5 nitrogen and oxygen atoms in total. The number of halogens is 1. The maximum absolute atomic E-state index is 12.9. The second kappa shape index (κ2) is 9.32. The molecule has 3 aromatic carbocycles. The van der Waals surface area contributed by atoms with Crippen molar-refractivity contribution in [2.45, 2.75) is 13.0 Å². The highest BCUT2D eigenvalue weighted by Gasteiger charge is 2.23. The number of hydrogen-bond acceptors (Lipinski definition) is 3. The summed E-state index contributed by atoms with van der Waals surface area (Å²) >= 11 is 5.90. The van der Waals surface area contributed by atoms with Crippen LogP contribution < -0.4 is 9.62 Å². The number of carbonyl (C=O) groups excluding carboxylic acids is 1. The molecule has 3 rings (SSSR count). The van der Waals surface area contributed by atoms with Gasteiger partial charge in [0.05, 0.1) is 18.0 Å². The van der Waals surface area contributed by atoms with E-state index >= 15 is 0 Å². The van der Waals surface area contributed by atoms with Crippen LogP contribution in [0.2, 0.25) is 5.02 Å². The fraction of sp³-hybridized carbons (Fsp3) is 0.174. The molecule has 156 valence electrons. The molecule has 1 atom stereocenters. The van der Waals surface area contributed by atoms with Crippen molar-refractivity contribution < 1.29 is 13.2 Å². The summed E-state index contributed by atoms with van der Waals surface area (Å²) in [6, 6.07) is 23.4. The molecular formula is C23H23ClN2O3S. The molecule has 0 aliphatic heterocycles. The second-order valence-electron chi connectivity index (χ2n) is 7.07. The number of benzene rings is 3. The summed E-state index contributed by atoms with van der Waals surface area (Å²) in [5, 5.41) is 3.47. The second-order valence-corrected chi connectivity index (χ2v) is 9.41. The van der Waals surface area contributed by atoms with Crippen LogP contribution in [0.4, 0.5) is 5.69 Å². The van der Waals surface area contributed by atoms with E-state index in [9.17, 15) is 13.2 Å². The topological polar surface area (TPSA) is 66.5 Å². The van der Waals surface area contributed by atoms with E-state index in [1.54, 1.807) is 24.3 Å². The predicted octanol–water partition coefficient (Wildman–Crippen LogP) is 4.32. The van der Waals surface area contributed by atoms with Gasteiger partial charge in [-0.25, -0.2) is 8.42 Å². The summed E-state index contributed by atoms with van der Waals surface area (Å²) < 4.78 is 25.7. The van der Waals surface area contributed by atoms with Gasteiger partial charge in [-0.15, -0.1) is 0 Å². The van der Waals surface area contributed by atoms with Crippen molar-refractivity contribution in [3.63, 3.8) is 0 Å². The monoisotopic (exact) mass is 442 g/mol. The highest BCUT2D eigenvalue weighted by Crippen LogP contribution is 2.24. The number of amides is 1. The lowest BCUT2D eigenvalue weighted by Crippen LogP contribution is -2.41. The maximum atomic E-state index is 12.9. The van der Waals surface area contributed by atoms with Crippen LogP contribution in [0.5, 0.6) is 0 Å². The zero-order valence-corrected chi connectivity index (χ0v) is 18.3. The SMILES string of the molecule is Cc1ccc([C@H](NC(=O)CN(c2ccc(Cl)cc2)S(C)(=O)=O)c2ccccc2)cc1. The lowest BCUT2D eigenvalue weighted by Gasteiger charge is -2.25. The first-order valence-electron chi connectivity index (χ1n) is 9.38. The van der Waals surface area contributed by atoms with Gasteiger partial charge in [-0.3, -0.25) is 9.10 Å². The van der Waals surface area contributed by atoms with E-state index in [4.69, 9.17) is 11.6 Å². The number of anilines is 1. The number of aryl methyl sites for hydroxylation is 1. The number of nitrogens with one attached hydrogen (secondary N) is 1. The summed E-state index contributed by atoms with van der Waals surface area (Å²) in [7, 11) is -3.67. The van der Waals surface area contributed by atoms with Crippen LogP contribution in [-0.4, -0.2) is 27.1 Å². The van der Waals surface area contributed by atoms with Crippen molar-refractivity contribution in [1.82, 2.24) is 5.32 Å². The molecule has 0 aliphatic carbocycles. The molecule has 0 aliphatic rings. The predicted molar refractivity (Wildman–Crippen MR) is 121 cm³/mol. The third kappa shape index (κ3) is 5.62. The molecule has 1 N–H and O–H groups in total. The number of hydrogen-bond donors (Lipinski definition) is 1. The van der Waals surface area contributed by atoms with Gasteiger partial charge < -0.3 is 5.32 Å². The summed E-state index contributed by atoms with van der Waals surface area (Å²) in [6.45, 7) is 1.66. The Morgan fingerprint density at radius 3 is 2.07 bits per heavy atom. The fourth-order valence-electron chi connectivity index (χ4n) is 3.11. The van der Waals surface area contributed by atoms with Gasteiger partial charge in [-0.05, 0) is 42.3 Å². The molecule has 30 heavy (non-hydrogen) atoms. The van der Waals surface area contributed by atoms with E-state index in [0.29, 0.717) is 10.7 Å². The fourth-order valence-corrected chi connectivity index (χ4v) is 4.09. The first-order valence-corrected chi connectivity index (χ1v) is 11.6. The Morgan fingerprint density at radius 1 is 0.933 bits per heavy atom. The molecule has 3 aromatic rings. The summed E-state index contributed by atoms with van der Waals surface area (Å²) in [6.07, 6.45) is 1.07. The molecule has 0 spiro atoms. The van der Waals surface area contributed by atoms with E-state index in [-0.39, 0.29) is 6.54 Å². The molecule has 0 heterocycles. The van der Waals surface area contributed by atoms with Crippen molar-refractivity contribution >= 4 is 33.2 Å². The molecule has 0 unspecified atom stereocenters. The van der Waals surface area contributed by atoms with Crippen molar-refractivity contribution in [3.05, 3.63) is 101 Å². The van der Waals surface area contributed by atoms with Gasteiger partial charge in [0, 0.05) is 5.02 Å². The largest absolute Gasteiger partial charge is 0.344 e. The van der Waals surface area contributed by atoms with Gasteiger partial charge in [0.2, 0.25) is 15.9 Å². The smallest absolute Gasteiger partial charge is 0.241 e. The Balaban J connectivity index is 1.87. The van der Waals surface area contributed by atoms with Gasteiger partial charge in [-0.1, -0.05) is 71.8 Å². The third-order valence-electron chi connectivity index (χ3n) is 4.65. The first-order chi connectivity index (χ1) is 14.2. The van der Waals surface area contributed by atoms with E-state index in [0.717, 1.165) is 27.3 Å². The standard InChI is InChI=1S/C23H23ClN2O3S/c1-17-8-10-19(11-9-17)23(18-6-4-3-5-7-18)25-22(27)16-26(30(2,28)29)21-14-12-20(24)13-15-21/h3-15,23H,16H2,1-2H3,(H,25,27)/t23-/m1/s1. The molecular weight excluding hydrogens is 420 g/mol. The van der Waals surface area contributed by atoms with Crippen LogP contribution in [0.3, 0.4) is 0 Å². The van der Waals surface area contributed by atoms with Gasteiger partial charge in [0.25, 0.3) is 0 Å². The average Bonchev–Trinajstić information content (AvgIpc) is 2.72. The molecule has 7 heteroatoms. The van der Waals surface area contributed by atoms with E-state index in [1.165, 1.54) is 0 Å². The van der Waals surface area contributed by atoms with Crippen LogP contribution in [0.15, 0.2) is 78.9 Å². The summed E-state index contributed by atoms with van der Waals surface area (Å²) in [5.74, 6) is -0.412. The van der Waals surface area contributed by atoms with Crippen LogP contribution in [-0.2, 0) is 14.8 Å². The minimum Gasteiger partial charge on any atom is -0.344 e. The zero-order valence-electron chi connectivity index (χ0n) is 16.7. The van der Waals surface area contributed by atoms with Crippen LogP contribution in [0.25, 0.3) is 0 Å². The number of rotatable bonds is 7. The molecule has 0 saturated heterocycles. The average molecular weight is 443 g/mol. The Labute approximate surface area is 182 Å².